The van der Waals surface area contributed by atoms with Crippen molar-refractivity contribution < 1.29 is 4.39 Å². The zero-order valence-corrected chi connectivity index (χ0v) is 13.8. The monoisotopic (exact) mass is 347 g/mol. The topological polar surface area (TPSA) is 83.6 Å². The van der Waals surface area contributed by atoms with Gasteiger partial charge in [0.2, 0.25) is 5.43 Å². The smallest absolute Gasteiger partial charge is 0.209 e. The highest BCUT2D eigenvalue weighted by Gasteiger charge is 2.15. The molecular weight excluding hydrogens is 333 g/mol. The molecule has 0 radical (unpaired) electrons. The van der Waals surface area contributed by atoms with E-state index in [4.69, 9.17) is 0 Å². The predicted molar refractivity (Wildman–Crippen MR) is 98.3 cm³/mol. The molecule has 3 heterocycles. The first-order valence-electron chi connectivity index (χ1n) is 7.95. The van der Waals surface area contributed by atoms with Crippen LogP contribution in [0.5, 0.6) is 0 Å². The van der Waals surface area contributed by atoms with E-state index < -0.39 is 0 Å². The summed E-state index contributed by atoms with van der Waals surface area (Å²) in [6.07, 6.45) is 3.15. The average Bonchev–Trinajstić information content (AvgIpc) is 2.67. The summed E-state index contributed by atoms with van der Waals surface area (Å²) in [5.74, 6) is 0.277. The number of nitrogens with one attached hydrogen (secondary N) is 2. The predicted octanol–water partition coefficient (Wildman–Crippen LogP) is 3.23. The van der Waals surface area contributed by atoms with E-state index in [1.54, 1.807) is 37.5 Å². The minimum atomic E-state index is -0.373. The van der Waals surface area contributed by atoms with Crippen LogP contribution >= 0.6 is 0 Å². The summed E-state index contributed by atoms with van der Waals surface area (Å²) in [6.45, 7) is 0. The molecule has 0 saturated carbocycles. The lowest BCUT2D eigenvalue weighted by atomic mass is 10.0. The van der Waals surface area contributed by atoms with E-state index in [0.29, 0.717) is 28.4 Å². The number of halogens is 1. The highest BCUT2D eigenvalue weighted by Crippen LogP contribution is 2.31. The number of hydrogen-bond acceptors (Lipinski definition) is 5. The molecule has 128 valence electrons. The van der Waals surface area contributed by atoms with Gasteiger partial charge < -0.3 is 10.3 Å². The molecular formula is C19H14FN5O. The fourth-order valence-corrected chi connectivity index (χ4v) is 2.74. The van der Waals surface area contributed by atoms with Gasteiger partial charge in [0.05, 0.1) is 11.4 Å². The Labute approximate surface area is 147 Å². The Bertz CT molecular complexity index is 1170. The van der Waals surface area contributed by atoms with Gasteiger partial charge in [-0.15, -0.1) is 0 Å². The lowest BCUT2D eigenvalue weighted by Crippen LogP contribution is -2.07. The molecule has 0 amide bonds. The summed E-state index contributed by atoms with van der Waals surface area (Å²) in [5, 5.41) is 2.97. The van der Waals surface area contributed by atoms with Crippen molar-refractivity contribution in [3.63, 3.8) is 0 Å². The van der Waals surface area contributed by atoms with Crippen LogP contribution in [0.4, 0.5) is 10.2 Å². The first-order chi connectivity index (χ1) is 12.7. The summed E-state index contributed by atoms with van der Waals surface area (Å²) < 4.78 is 13.8. The van der Waals surface area contributed by atoms with Crippen molar-refractivity contribution in [2.24, 2.45) is 0 Å². The van der Waals surface area contributed by atoms with Crippen LogP contribution in [-0.2, 0) is 0 Å². The van der Waals surface area contributed by atoms with Crippen LogP contribution in [0.3, 0.4) is 0 Å². The Hall–Kier alpha value is -3.61. The van der Waals surface area contributed by atoms with E-state index in [9.17, 15) is 9.18 Å². The largest absolute Gasteiger partial charge is 0.373 e. The molecule has 0 atom stereocenters. The molecule has 0 bridgehead atoms. The van der Waals surface area contributed by atoms with Crippen LogP contribution in [0.25, 0.3) is 33.7 Å². The van der Waals surface area contributed by atoms with Crippen LogP contribution in [0.1, 0.15) is 0 Å². The number of nitrogens with zero attached hydrogens (tertiary/aromatic N) is 3. The van der Waals surface area contributed by atoms with Crippen molar-refractivity contribution in [1.82, 2.24) is 19.9 Å². The average molecular weight is 347 g/mol. The highest BCUT2D eigenvalue weighted by molar-refractivity contribution is 5.84. The fraction of sp³-hybridized carbons (Fsp3) is 0.0526. The highest BCUT2D eigenvalue weighted by atomic mass is 19.1. The van der Waals surface area contributed by atoms with Crippen LogP contribution in [0.15, 0.2) is 59.7 Å². The van der Waals surface area contributed by atoms with Crippen LogP contribution in [-0.4, -0.2) is 27.0 Å². The van der Waals surface area contributed by atoms with Crippen molar-refractivity contribution >= 4 is 17.0 Å². The van der Waals surface area contributed by atoms with Gasteiger partial charge in [0, 0.05) is 36.6 Å². The van der Waals surface area contributed by atoms with E-state index in [2.05, 4.69) is 25.3 Å². The molecule has 6 nitrogen and oxygen atoms in total. The number of anilines is 1. The zero-order chi connectivity index (χ0) is 18.1. The van der Waals surface area contributed by atoms with E-state index >= 15 is 0 Å². The van der Waals surface area contributed by atoms with Crippen molar-refractivity contribution in [2.45, 2.75) is 0 Å². The SMILES string of the molecule is CNc1cc(-c2nc3c(=O)cc[nH]c3nc2-c2cccc(F)c2)ccn1. The molecule has 2 N–H and O–H groups in total. The number of fused-ring (bicyclic) bond motifs is 1. The van der Waals surface area contributed by atoms with E-state index in [1.807, 2.05) is 0 Å². The maximum absolute atomic E-state index is 13.8. The maximum atomic E-state index is 13.8. The lowest BCUT2D eigenvalue weighted by Gasteiger charge is -2.11. The van der Waals surface area contributed by atoms with Gasteiger partial charge in [-0.05, 0) is 24.3 Å². The Balaban J connectivity index is 2.06. The molecule has 0 aliphatic heterocycles. The molecule has 0 aliphatic rings. The van der Waals surface area contributed by atoms with Gasteiger partial charge in [-0.2, -0.15) is 0 Å². The second kappa shape index (κ2) is 6.36. The quantitative estimate of drug-likeness (QED) is 0.594. The van der Waals surface area contributed by atoms with Gasteiger partial charge in [0.25, 0.3) is 0 Å². The summed E-state index contributed by atoms with van der Waals surface area (Å²) in [6, 6.07) is 11.1. The zero-order valence-electron chi connectivity index (χ0n) is 13.8. The molecule has 26 heavy (non-hydrogen) atoms. The van der Waals surface area contributed by atoms with Crippen LogP contribution < -0.4 is 10.7 Å². The van der Waals surface area contributed by atoms with Gasteiger partial charge in [-0.1, -0.05) is 12.1 Å². The Morgan fingerprint density at radius 2 is 1.85 bits per heavy atom. The van der Waals surface area contributed by atoms with Gasteiger partial charge >= 0.3 is 0 Å². The fourth-order valence-electron chi connectivity index (χ4n) is 2.74. The summed E-state index contributed by atoms with van der Waals surface area (Å²) in [5.41, 5.74) is 2.60. The Kier molecular flexibility index (Phi) is 3.89. The van der Waals surface area contributed by atoms with E-state index in [1.165, 1.54) is 24.4 Å². The minimum Gasteiger partial charge on any atom is -0.373 e. The molecule has 0 spiro atoms. The molecule has 1 aromatic carbocycles. The van der Waals surface area contributed by atoms with E-state index in [0.717, 1.165) is 5.56 Å². The normalized spacial score (nSPS) is 10.8. The van der Waals surface area contributed by atoms with Crippen LogP contribution in [0.2, 0.25) is 0 Å². The van der Waals surface area contributed by atoms with Gasteiger partial charge in [-0.25, -0.2) is 19.3 Å². The van der Waals surface area contributed by atoms with Gasteiger partial charge in [0.1, 0.15) is 11.6 Å². The third-order valence-corrected chi connectivity index (χ3v) is 3.97. The summed E-state index contributed by atoms with van der Waals surface area (Å²) in [7, 11) is 1.76. The molecule has 0 fully saturated rings. The molecule has 7 heteroatoms. The number of aromatic nitrogens is 4. The van der Waals surface area contributed by atoms with Crippen molar-refractivity contribution in [3.8, 4) is 22.5 Å². The van der Waals surface area contributed by atoms with Crippen molar-refractivity contribution in [1.29, 1.82) is 0 Å². The number of aromatic amines is 1. The maximum Gasteiger partial charge on any atom is 0.209 e. The number of H-pyrrole nitrogens is 1. The molecule has 4 rings (SSSR count). The number of benzene rings is 1. The van der Waals surface area contributed by atoms with Crippen molar-refractivity contribution in [2.75, 3.05) is 12.4 Å². The molecule has 4 aromatic rings. The number of pyridine rings is 2. The van der Waals surface area contributed by atoms with E-state index in [-0.39, 0.29) is 16.8 Å². The first-order valence-corrected chi connectivity index (χ1v) is 7.95. The minimum absolute atomic E-state index is 0.227. The number of hydrogen-bond donors (Lipinski definition) is 2. The van der Waals surface area contributed by atoms with Crippen molar-refractivity contribution in [3.05, 3.63) is 70.9 Å². The summed E-state index contributed by atoms with van der Waals surface area (Å²) in [4.78, 5) is 28.4. The lowest BCUT2D eigenvalue weighted by molar-refractivity contribution is 0.628. The Morgan fingerprint density at radius 3 is 2.65 bits per heavy atom. The summed E-state index contributed by atoms with van der Waals surface area (Å²) >= 11 is 0. The van der Waals surface area contributed by atoms with Crippen LogP contribution in [0, 0.1) is 5.82 Å². The first kappa shape index (κ1) is 15.9. The second-order valence-corrected chi connectivity index (χ2v) is 5.65. The third-order valence-electron chi connectivity index (χ3n) is 3.97. The molecule has 0 unspecified atom stereocenters. The third kappa shape index (κ3) is 2.79. The van der Waals surface area contributed by atoms with Gasteiger partial charge in [0.15, 0.2) is 11.2 Å². The Morgan fingerprint density at radius 1 is 1.04 bits per heavy atom. The van der Waals surface area contributed by atoms with Gasteiger partial charge in [-0.3, -0.25) is 4.79 Å². The number of rotatable bonds is 3. The molecule has 3 aromatic heterocycles. The second-order valence-electron chi connectivity index (χ2n) is 5.65. The standard InChI is InChI=1S/C19H14FN5O/c1-21-15-10-12(5-7-22-15)16-17(11-3-2-4-13(20)9-11)25-19-18(24-16)14(26)6-8-23-19/h2-10H,1H3,(H,21,22)(H,23,25,26). The molecule has 0 aliphatic carbocycles. The molecule has 0 saturated heterocycles.